The molecule has 1 aromatic rings. The molecule has 0 fully saturated rings. The normalized spacial score (nSPS) is 15.5. The van der Waals surface area contributed by atoms with Crippen molar-refractivity contribution in [1.29, 1.82) is 0 Å². The molecule has 1 aliphatic heterocycles. The summed E-state index contributed by atoms with van der Waals surface area (Å²) in [5.41, 5.74) is 1.99. The largest absolute Gasteiger partial charge is 0.333 e. The summed E-state index contributed by atoms with van der Waals surface area (Å²) in [5, 5.41) is 0. The molecule has 0 spiro atoms. The molecular weight excluding hydrogens is 164 g/mol. The van der Waals surface area contributed by atoms with Crippen molar-refractivity contribution in [2.45, 2.75) is 39.7 Å². The molecule has 1 aliphatic rings. The van der Waals surface area contributed by atoms with E-state index in [0.717, 1.165) is 24.4 Å². The van der Waals surface area contributed by atoms with Crippen molar-refractivity contribution in [2.75, 3.05) is 0 Å². The number of aryl methyl sites for hydroxylation is 1. The molecule has 0 aliphatic carbocycles. The average Bonchev–Trinajstić information content (AvgIpc) is 2.15. The van der Waals surface area contributed by atoms with Gasteiger partial charge in [-0.2, -0.15) is 4.98 Å². The van der Waals surface area contributed by atoms with E-state index in [0.29, 0.717) is 0 Å². The second-order valence-electron chi connectivity index (χ2n) is 3.64. The average molecular weight is 178 g/mol. The lowest BCUT2D eigenvalue weighted by Gasteiger charge is -2.21. The number of hydrogen-bond donors (Lipinski definition) is 0. The van der Waals surface area contributed by atoms with Crippen molar-refractivity contribution in [2.24, 2.45) is 0 Å². The Balaban J connectivity index is 2.70. The van der Waals surface area contributed by atoms with E-state index in [4.69, 9.17) is 0 Å². The van der Waals surface area contributed by atoms with Gasteiger partial charge in [0.25, 0.3) is 5.56 Å². The highest BCUT2D eigenvalue weighted by Crippen LogP contribution is 2.16. The van der Waals surface area contributed by atoms with E-state index in [1.807, 2.05) is 13.8 Å². The van der Waals surface area contributed by atoms with Gasteiger partial charge < -0.3 is 4.57 Å². The Hall–Kier alpha value is -1.12. The van der Waals surface area contributed by atoms with Crippen molar-refractivity contribution in [1.82, 2.24) is 9.55 Å². The van der Waals surface area contributed by atoms with E-state index in [2.05, 4.69) is 9.55 Å². The first-order valence-electron chi connectivity index (χ1n) is 4.77. The molecule has 3 heteroatoms. The van der Waals surface area contributed by atoms with E-state index in [9.17, 15) is 4.79 Å². The minimum atomic E-state index is -0.0503. The summed E-state index contributed by atoms with van der Waals surface area (Å²) >= 11 is 0. The van der Waals surface area contributed by atoms with Crippen LogP contribution in [0.15, 0.2) is 4.79 Å². The lowest BCUT2D eigenvalue weighted by atomic mass is 10.1. The van der Waals surface area contributed by atoms with Crippen LogP contribution < -0.4 is 5.56 Å². The molecule has 13 heavy (non-hydrogen) atoms. The van der Waals surface area contributed by atoms with E-state index in [1.54, 1.807) is 0 Å². The molecule has 0 bridgehead atoms. The first-order valence-corrected chi connectivity index (χ1v) is 4.77. The van der Waals surface area contributed by atoms with Crippen LogP contribution in [0.3, 0.4) is 0 Å². The van der Waals surface area contributed by atoms with Crippen molar-refractivity contribution in [3.05, 3.63) is 27.4 Å². The van der Waals surface area contributed by atoms with Crippen LogP contribution in [0.5, 0.6) is 0 Å². The lowest BCUT2D eigenvalue weighted by Crippen LogP contribution is -2.25. The first-order chi connectivity index (χ1) is 6.20. The molecular formula is C10H14N2O. The van der Waals surface area contributed by atoms with Gasteiger partial charge >= 0.3 is 0 Å². The predicted molar refractivity (Wildman–Crippen MR) is 50.9 cm³/mol. The zero-order valence-electron chi connectivity index (χ0n) is 8.13. The minimum absolute atomic E-state index is 0.0503. The van der Waals surface area contributed by atoms with Crippen LogP contribution in [-0.2, 0) is 13.0 Å². The molecule has 0 saturated carbocycles. The van der Waals surface area contributed by atoms with Crippen molar-refractivity contribution in [3.63, 3.8) is 0 Å². The second kappa shape index (κ2) is 2.98. The van der Waals surface area contributed by atoms with Crippen LogP contribution in [-0.4, -0.2) is 9.55 Å². The van der Waals surface area contributed by atoms with Crippen LogP contribution in [0, 0.1) is 13.8 Å². The van der Waals surface area contributed by atoms with Crippen LogP contribution in [0.2, 0.25) is 0 Å². The maximum absolute atomic E-state index is 11.4. The minimum Gasteiger partial charge on any atom is -0.333 e. The van der Waals surface area contributed by atoms with Crippen LogP contribution in [0.25, 0.3) is 0 Å². The predicted octanol–water partition coefficient (Wildman–Crippen LogP) is 1.20. The molecule has 70 valence electrons. The van der Waals surface area contributed by atoms with Crippen LogP contribution in [0.4, 0.5) is 0 Å². The molecule has 3 nitrogen and oxygen atoms in total. The highest BCUT2D eigenvalue weighted by molar-refractivity contribution is 5.19. The first kappa shape index (κ1) is 8.48. The molecule has 0 radical (unpaired) electrons. The Morgan fingerprint density at radius 1 is 1.31 bits per heavy atom. The van der Waals surface area contributed by atoms with Gasteiger partial charge in [-0.15, -0.1) is 0 Å². The standard InChI is InChI=1S/C10H14N2O/c1-7-9-5-3-4-6-12(9)8(2)11-10(7)13/h3-6H2,1-2H3. The summed E-state index contributed by atoms with van der Waals surface area (Å²) in [7, 11) is 0. The number of fused-ring (bicyclic) bond motifs is 1. The Morgan fingerprint density at radius 2 is 2.08 bits per heavy atom. The van der Waals surface area contributed by atoms with E-state index in [-0.39, 0.29) is 5.56 Å². The van der Waals surface area contributed by atoms with Crippen molar-refractivity contribution >= 4 is 0 Å². The summed E-state index contributed by atoms with van der Waals surface area (Å²) in [4.78, 5) is 15.4. The van der Waals surface area contributed by atoms with Crippen molar-refractivity contribution < 1.29 is 0 Å². The van der Waals surface area contributed by atoms with Gasteiger partial charge in [-0.05, 0) is 33.1 Å². The Morgan fingerprint density at radius 3 is 2.85 bits per heavy atom. The maximum atomic E-state index is 11.4. The fraction of sp³-hybridized carbons (Fsp3) is 0.600. The molecule has 0 unspecified atom stereocenters. The summed E-state index contributed by atoms with van der Waals surface area (Å²) in [6, 6.07) is 0. The molecule has 0 saturated heterocycles. The Kier molecular flexibility index (Phi) is 1.94. The highest BCUT2D eigenvalue weighted by atomic mass is 16.1. The van der Waals surface area contributed by atoms with Gasteiger partial charge in [0.15, 0.2) is 0 Å². The molecule has 0 aromatic carbocycles. The Labute approximate surface area is 77.4 Å². The fourth-order valence-electron chi connectivity index (χ4n) is 1.99. The topological polar surface area (TPSA) is 34.9 Å². The number of nitrogens with zero attached hydrogens (tertiary/aromatic N) is 2. The van der Waals surface area contributed by atoms with Crippen LogP contribution >= 0.6 is 0 Å². The lowest BCUT2D eigenvalue weighted by molar-refractivity contribution is 0.499. The summed E-state index contributed by atoms with van der Waals surface area (Å²) in [6.07, 6.45) is 3.44. The molecule has 2 heterocycles. The monoisotopic (exact) mass is 178 g/mol. The van der Waals surface area contributed by atoms with Crippen molar-refractivity contribution in [3.8, 4) is 0 Å². The van der Waals surface area contributed by atoms with Crippen LogP contribution in [0.1, 0.15) is 29.9 Å². The molecule has 0 amide bonds. The zero-order chi connectivity index (χ0) is 9.42. The molecule has 0 atom stereocenters. The van der Waals surface area contributed by atoms with E-state index >= 15 is 0 Å². The van der Waals surface area contributed by atoms with E-state index in [1.165, 1.54) is 18.5 Å². The van der Waals surface area contributed by atoms with Gasteiger partial charge in [0, 0.05) is 17.8 Å². The number of aromatic nitrogens is 2. The quantitative estimate of drug-likeness (QED) is 0.598. The summed E-state index contributed by atoms with van der Waals surface area (Å²) < 4.78 is 2.18. The third-order valence-corrected chi connectivity index (χ3v) is 2.78. The third kappa shape index (κ3) is 1.28. The third-order valence-electron chi connectivity index (χ3n) is 2.78. The molecule has 2 rings (SSSR count). The molecule has 0 N–H and O–H groups in total. The zero-order valence-corrected chi connectivity index (χ0v) is 8.13. The van der Waals surface area contributed by atoms with Gasteiger partial charge in [-0.3, -0.25) is 4.79 Å². The van der Waals surface area contributed by atoms with Gasteiger partial charge in [-0.1, -0.05) is 0 Å². The van der Waals surface area contributed by atoms with Gasteiger partial charge in [0.2, 0.25) is 0 Å². The number of hydrogen-bond acceptors (Lipinski definition) is 2. The molecule has 1 aromatic heterocycles. The summed E-state index contributed by atoms with van der Waals surface area (Å²) in [5.74, 6) is 0.866. The highest BCUT2D eigenvalue weighted by Gasteiger charge is 2.14. The summed E-state index contributed by atoms with van der Waals surface area (Å²) in [6.45, 7) is 4.82. The smallest absolute Gasteiger partial charge is 0.276 e. The SMILES string of the molecule is Cc1c2n(c(C)nc1=O)CCCC2. The number of rotatable bonds is 0. The van der Waals surface area contributed by atoms with E-state index < -0.39 is 0 Å². The fourth-order valence-corrected chi connectivity index (χ4v) is 1.99. The van der Waals surface area contributed by atoms with Gasteiger partial charge in [-0.25, -0.2) is 0 Å². The van der Waals surface area contributed by atoms with Gasteiger partial charge in [0.05, 0.1) is 0 Å². The second-order valence-corrected chi connectivity index (χ2v) is 3.64. The Bertz CT molecular complexity index is 393. The van der Waals surface area contributed by atoms with Gasteiger partial charge in [0.1, 0.15) is 5.82 Å². The maximum Gasteiger partial charge on any atom is 0.276 e.